The van der Waals surface area contributed by atoms with E-state index in [0.717, 1.165) is 3.89 Å². The van der Waals surface area contributed by atoms with Crippen LogP contribution in [-0.2, 0) is 0 Å². The summed E-state index contributed by atoms with van der Waals surface area (Å²) in [7, 11) is 0. The number of hydrogen-bond acceptors (Lipinski definition) is 1. The lowest BCUT2D eigenvalue weighted by molar-refractivity contribution is 0.602. The van der Waals surface area contributed by atoms with Crippen molar-refractivity contribution in [2.75, 3.05) is 0 Å². The molecule has 0 aliphatic carbocycles. The lowest BCUT2D eigenvalue weighted by atomic mass is 10.7. The normalized spacial score (nSPS) is 7.12. The first-order valence-corrected chi connectivity index (χ1v) is 6.62. The van der Waals surface area contributed by atoms with Gasteiger partial charge in [-0.1, -0.05) is 6.07 Å². The molecule has 0 radical (unpaired) electrons. The Bertz CT molecular complexity index is 129. The highest BCUT2D eigenvalue weighted by Crippen LogP contribution is 1.83. The Hall–Kier alpha value is 1.01. The minimum absolute atomic E-state index is 0. The van der Waals surface area contributed by atoms with Gasteiger partial charge < -0.3 is 4.42 Å². The van der Waals surface area contributed by atoms with Crippen LogP contribution in [-0.4, -0.2) is 18.2 Å². The Kier molecular flexibility index (Phi) is 5.45. The maximum atomic E-state index is 5.00. The molecule has 0 amide bonds. The lowest BCUT2D eigenvalue weighted by Gasteiger charge is -1.76. The van der Waals surface area contributed by atoms with Gasteiger partial charge in [0, 0.05) is 0 Å². The second-order valence-corrected chi connectivity index (χ2v) is 3.86. The van der Waals surface area contributed by atoms with Gasteiger partial charge >= 0.3 is 18.2 Å². The molecule has 0 fully saturated rings. The van der Waals surface area contributed by atoms with E-state index in [2.05, 4.69) is 12.9 Å². The average molecular weight is 252 g/mol. The van der Waals surface area contributed by atoms with E-state index in [1.807, 2.05) is 12.1 Å². The van der Waals surface area contributed by atoms with Gasteiger partial charge in [0.1, 0.15) is 0 Å². The van der Waals surface area contributed by atoms with Crippen LogP contribution in [0.4, 0.5) is 0 Å². The first kappa shape index (κ1) is 9.01. The van der Waals surface area contributed by atoms with Crippen LogP contribution in [0, 0.1) is 0 Å². The van der Waals surface area contributed by atoms with Gasteiger partial charge in [0.05, 0.1) is 6.26 Å². The van der Waals surface area contributed by atoms with E-state index in [4.69, 9.17) is 4.42 Å². The van der Waals surface area contributed by atoms with Gasteiger partial charge in [0.15, 0.2) is 0 Å². The molecule has 42 valence electrons. The van der Waals surface area contributed by atoms with Gasteiger partial charge in [-0.3, -0.25) is 12.9 Å². The summed E-state index contributed by atoms with van der Waals surface area (Å²) in [6.07, 6.45) is 1.70. The molecule has 0 N–H and O–H groups in total. The van der Waals surface area contributed by atoms with E-state index in [1.165, 1.54) is 0 Å². The number of rotatable bonds is 1. The topological polar surface area (TPSA) is 13.1 Å². The average Bonchev–Trinajstić information content (AvgIpc) is 2.14. The van der Waals surface area contributed by atoms with Crippen LogP contribution in [0.3, 0.4) is 0 Å². The van der Waals surface area contributed by atoms with Crippen LogP contribution < -0.4 is 3.89 Å². The fourth-order valence-corrected chi connectivity index (χ4v) is 1.73. The van der Waals surface area contributed by atoms with Gasteiger partial charge in [0.25, 0.3) is 0 Å². The minimum Gasteiger partial charge on any atom is -0.500 e. The van der Waals surface area contributed by atoms with E-state index in [9.17, 15) is 0 Å². The Morgan fingerprint density at radius 3 is 2.62 bits per heavy atom. The van der Waals surface area contributed by atoms with Gasteiger partial charge in [0.2, 0.25) is 0 Å². The van der Waals surface area contributed by atoms with Crippen molar-refractivity contribution >= 4 is 51.9 Å². The molecule has 0 atom stereocenters. The molecule has 0 unspecified atom stereocenters. The molecule has 0 saturated carbocycles. The zero-order valence-corrected chi connectivity index (χ0v) is 8.85. The van der Waals surface area contributed by atoms with Gasteiger partial charge in [-0.15, -0.1) is 17.0 Å². The van der Waals surface area contributed by atoms with Gasteiger partial charge in [-0.25, -0.2) is 0 Å². The maximum absolute atomic E-state index is 5.00. The predicted molar refractivity (Wildman–Crippen MR) is 43.3 cm³/mol. The summed E-state index contributed by atoms with van der Waals surface area (Å²) in [6, 6.07) is 3.89. The monoisotopic (exact) mass is 250 g/mol. The molecular formula is C4H4Br2MgO. The third-order valence-electron chi connectivity index (χ3n) is 0.712. The molecule has 0 aliphatic rings. The molecule has 1 aromatic rings. The quantitative estimate of drug-likeness (QED) is 0.690. The highest BCUT2D eigenvalue weighted by molar-refractivity contribution is 9.23. The minimum atomic E-state index is -0.221. The van der Waals surface area contributed by atoms with Crippen molar-refractivity contribution in [1.29, 1.82) is 0 Å². The summed E-state index contributed by atoms with van der Waals surface area (Å²) in [4.78, 5) is 0. The first-order valence-electron chi connectivity index (χ1n) is 2.02. The Morgan fingerprint density at radius 2 is 2.38 bits per heavy atom. The largest absolute Gasteiger partial charge is 0.562 e. The highest BCUT2D eigenvalue weighted by atomic mass is 79.9. The van der Waals surface area contributed by atoms with E-state index in [0.29, 0.717) is 0 Å². The van der Waals surface area contributed by atoms with Crippen LogP contribution >= 0.6 is 29.9 Å². The van der Waals surface area contributed by atoms with Crippen molar-refractivity contribution < 1.29 is 4.42 Å². The molecule has 1 nitrogen and oxygen atoms in total. The molecule has 1 rings (SSSR count). The van der Waals surface area contributed by atoms with Crippen molar-refractivity contribution in [3.05, 3.63) is 18.4 Å². The Labute approximate surface area is 74.2 Å². The van der Waals surface area contributed by atoms with E-state index < -0.39 is 0 Å². The number of furan rings is 1. The van der Waals surface area contributed by atoms with Crippen molar-refractivity contribution in [2.45, 2.75) is 0 Å². The highest BCUT2D eigenvalue weighted by Gasteiger charge is 1.93. The number of hydrogen-bond donors (Lipinski definition) is 0. The summed E-state index contributed by atoms with van der Waals surface area (Å²) in [5.41, 5.74) is 0. The van der Waals surface area contributed by atoms with E-state index >= 15 is 0 Å². The molecule has 0 saturated heterocycles. The molecular weight excluding hydrogens is 248 g/mol. The van der Waals surface area contributed by atoms with Gasteiger partial charge in [-0.05, 0) is 9.96 Å². The maximum Gasteiger partial charge on any atom is 0.562 e. The first-order chi connectivity index (χ1) is 3.43. The fourth-order valence-electron chi connectivity index (χ4n) is 0.389. The third kappa shape index (κ3) is 2.52. The molecule has 8 heavy (non-hydrogen) atoms. The second-order valence-electron chi connectivity index (χ2n) is 1.21. The zero-order chi connectivity index (χ0) is 5.11. The van der Waals surface area contributed by atoms with Gasteiger partial charge in [-0.2, -0.15) is 0 Å². The predicted octanol–water partition coefficient (Wildman–Crippen LogP) is 1.50. The van der Waals surface area contributed by atoms with Crippen molar-refractivity contribution in [3.63, 3.8) is 0 Å². The zero-order valence-electron chi connectivity index (χ0n) is 4.13. The summed E-state index contributed by atoms with van der Waals surface area (Å²) in [5, 5.41) is 0. The Balaban J connectivity index is 0.000000490. The molecule has 4 heteroatoms. The summed E-state index contributed by atoms with van der Waals surface area (Å²) < 4.78 is 6.11. The smallest absolute Gasteiger partial charge is 0.500 e. The standard InChI is InChI=1S/C4H3O.2BrH.Mg/c1-2-4-5-3-1;;;/h1-3H;2*1H;/q;;;+1/p-1. The van der Waals surface area contributed by atoms with Crippen LogP contribution in [0.5, 0.6) is 0 Å². The molecule has 0 aliphatic heterocycles. The molecule has 1 aromatic heterocycles. The Morgan fingerprint density at radius 1 is 1.62 bits per heavy atom. The van der Waals surface area contributed by atoms with Crippen LogP contribution in [0.25, 0.3) is 0 Å². The summed E-state index contributed by atoms with van der Waals surface area (Å²) in [6.45, 7) is 0. The summed E-state index contributed by atoms with van der Waals surface area (Å²) >= 11 is 3.16. The summed E-state index contributed by atoms with van der Waals surface area (Å²) in [5.74, 6) is 0. The van der Waals surface area contributed by atoms with Crippen LogP contribution in [0.15, 0.2) is 22.8 Å². The third-order valence-corrected chi connectivity index (χ3v) is 3.04. The molecule has 0 bridgehead atoms. The second kappa shape index (κ2) is 4.85. The van der Waals surface area contributed by atoms with E-state index in [1.54, 1.807) is 6.26 Å². The molecule has 1 heterocycles. The van der Waals surface area contributed by atoms with Crippen molar-refractivity contribution in [2.24, 2.45) is 0 Å². The fraction of sp³-hybridized carbons (Fsp3) is 0. The van der Waals surface area contributed by atoms with Crippen molar-refractivity contribution in [1.82, 2.24) is 0 Å². The van der Waals surface area contributed by atoms with Crippen LogP contribution in [0.2, 0.25) is 0 Å². The van der Waals surface area contributed by atoms with Crippen LogP contribution in [0.1, 0.15) is 0 Å². The van der Waals surface area contributed by atoms with E-state index in [-0.39, 0.29) is 35.2 Å². The number of halogens is 2. The lowest BCUT2D eigenvalue weighted by Crippen LogP contribution is -2.01. The van der Waals surface area contributed by atoms with Crippen molar-refractivity contribution in [3.8, 4) is 0 Å². The molecule has 0 spiro atoms. The molecule has 0 aromatic carbocycles. The SMILES string of the molecule is Br.[Br][Mg][c]1ccco1.